The SMILES string of the molecule is Cc1nc(-c2ccccn2)sc1CC(=O)N1CCN(c2ccccc2F)CC1. The Hall–Kier alpha value is -2.80. The number of hydrogen-bond acceptors (Lipinski definition) is 5. The van der Waals surface area contributed by atoms with Crippen LogP contribution in [-0.2, 0) is 11.2 Å². The molecule has 0 bridgehead atoms. The van der Waals surface area contributed by atoms with Gasteiger partial charge in [0, 0.05) is 37.3 Å². The lowest BCUT2D eigenvalue weighted by Crippen LogP contribution is -2.49. The summed E-state index contributed by atoms with van der Waals surface area (Å²) in [6, 6.07) is 12.5. The van der Waals surface area contributed by atoms with Gasteiger partial charge in [-0.15, -0.1) is 11.3 Å². The minimum atomic E-state index is -0.218. The van der Waals surface area contributed by atoms with E-state index in [2.05, 4.69) is 9.97 Å². The van der Waals surface area contributed by atoms with Crippen molar-refractivity contribution in [2.75, 3.05) is 31.1 Å². The first kappa shape index (κ1) is 18.6. The Morgan fingerprint density at radius 3 is 2.57 bits per heavy atom. The Balaban J connectivity index is 1.39. The maximum atomic E-state index is 14.0. The third-order valence-electron chi connectivity index (χ3n) is 4.91. The number of anilines is 1. The fourth-order valence-corrected chi connectivity index (χ4v) is 4.38. The van der Waals surface area contributed by atoms with Crippen molar-refractivity contribution in [3.05, 3.63) is 65.0 Å². The van der Waals surface area contributed by atoms with E-state index in [4.69, 9.17) is 0 Å². The van der Waals surface area contributed by atoms with Gasteiger partial charge < -0.3 is 9.80 Å². The van der Waals surface area contributed by atoms with Crippen molar-refractivity contribution in [2.24, 2.45) is 0 Å². The van der Waals surface area contributed by atoms with E-state index in [1.54, 1.807) is 18.3 Å². The number of thiazole rings is 1. The van der Waals surface area contributed by atoms with E-state index in [-0.39, 0.29) is 11.7 Å². The van der Waals surface area contributed by atoms with Gasteiger partial charge in [0.1, 0.15) is 10.8 Å². The maximum Gasteiger partial charge on any atom is 0.228 e. The van der Waals surface area contributed by atoms with E-state index in [1.165, 1.54) is 17.4 Å². The highest BCUT2D eigenvalue weighted by atomic mass is 32.1. The Morgan fingerprint density at radius 1 is 1.11 bits per heavy atom. The van der Waals surface area contributed by atoms with Crippen LogP contribution in [0.15, 0.2) is 48.7 Å². The molecule has 2 aromatic heterocycles. The van der Waals surface area contributed by atoms with Gasteiger partial charge in [0.2, 0.25) is 5.91 Å². The molecule has 1 aliphatic heterocycles. The number of carbonyl (C=O) groups is 1. The highest BCUT2D eigenvalue weighted by molar-refractivity contribution is 7.15. The first-order valence-corrected chi connectivity index (χ1v) is 10.1. The number of piperazine rings is 1. The Morgan fingerprint density at radius 2 is 1.86 bits per heavy atom. The van der Waals surface area contributed by atoms with Crippen molar-refractivity contribution in [1.82, 2.24) is 14.9 Å². The molecule has 4 rings (SSSR count). The highest BCUT2D eigenvalue weighted by Crippen LogP contribution is 2.27. The van der Waals surface area contributed by atoms with Crippen LogP contribution in [0, 0.1) is 12.7 Å². The lowest BCUT2D eigenvalue weighted by Gasteiger charge is -2.36. The topological polar surface area (TPSA) is 49.3 Å². The third kappa shape index (κ3) is 3.89. The van der Waals surface area contributed by atoms with Gasteiger partial charge in [-0.25, -0.2) is 9.37 Å². The summed E-state index contributed by atoms with van der Waals surface area (Å²) in [5.74, 6) is -0.128. The fourth-order valence-electron chi connectivity index (χ4n) is 3.34. The smallest absolute Gasteiger partial charge is 0.228 e. The number of aromatic nitrogens is 2. The summed E-state index contributed by atoms with van der Waals surface area (Å²) >= 11 is 1.52. The van der Waals surface area contributed by atoms with Crippen LogP contribution in [0.4, 0.5) is 10.1 Å². The molecule has 0 N–H and O–H groups in total. The molecule has 0 unspecified atom stereocenters. The van der Waals surface area contributed by atoms with Crippen LogP contribution in [0.2, 0.25) is 0 Å². The molecule has 144 valence electrons. The van der Waals surface area contributed by atoms with Crippen LogP contribution in [0.1, 0.15) is 10.6 Å². The number of benzene rings is 1. The van der Waals surface area contributed by atoms with Crippen molar-refractivity contribution in [3.8, 4) is 10.7 Å². The second-order valence-corrected chi connectivity index (χ2v) is 7.82. The van der Waals surface area contributed by atoms with E-state index in [9.17, 15) is 9.18 Å². The standard InChI is InChI=1S/C21H21FN4OS/c1-15-19(28-21(24-15)17-7-4-5-9-23-17)14-20(27)26-12-10-25(11-13-26)18-8-3-2-6-16(18)22/h2-9H,10-14H2,1H3. The maximum absolute atomic E-state index is 14.0. The summed E-state index contributed by atoms with van der Waals surface area (Å²) in [5, 5.41) is 0.838. The average molecular weight is 396 g/mol. The molecule has 0 aliphatic carbocycles. The predicted octanol–water partition coefficient (Wildman–Crippen LogP) is 3.54. The summed E-state index contributed by atoms with van der Waals surface area (Å²) in [6.07, 6.45) is 2.09. The first-order chi connectivity index (χ1) is 13.6. The molecule has 1 fully saturated rings. The summed E-state index contributed by atoms with van der Waals surface area (Å²) < 4.78 is 14.0. The van der Waals surface area contributed by atoms with Gasteiger partial charge in [0.05, 0.1) is 23.5 Å². The zero-order chi connectivity index (χ0) is 19.5. The van der Waals surface area contributed by atoms with Gasteiger partial charge >= 0.3 is 0 Å². The molecule has 0 atom stereocenters. The number of para-hydroxylation sites is 1. The molecule has 3 aromatic rings. The van der Waals surface area contributed by atoms with Crippen LogP contribution in [-0.4, -0.2) is 47.0 Å². The van der Waals surface area contributed by atoms with Crippen LogP contribution >= 0.6 is 11.3 Å². The number of hydrogen-bond donors (Lipinski definition) is 0. The van der Waals surface area contributed by atoms with Crippen LogP contribution in [0.25, 0.3) is 10.7 Å². The second-order valence-electron chi connectivity index (χ2n) is 6.74. The van der Waals surface area contributed by atoms with Crippen molar-refractivity contribution < 1.29 is 9.18 Å². The van der Waals surface area contributed by atoms with Crippen molar-refractivity contribution in [3.63, 3.8) is 0 Å². The quantitative estimate of drug-likeness (QED) is 0.677. The summed E-state index contributed by atoms with van der Waals surface area (Å²) in [6.45, 7) is 4.39. The number of halogens is 1. The minimum Gasteiger partial charge on any atom is -0.366 e. The van der Waals surface area contributed by atoms with E-state index < -0.39 is 0 Å². The van der Waals surface area contributed by atoms with E-state index >= 15 is 0 Å². The monoisotopic (exact) mass is 396 g/mol. The molecule has 1 aliphatic rings. The zero-order valence-corrected chi connectivity index (χ0v) is 16.5. The van der Waals surface area contributed by atoms with Crippen molar-refractivity contribution in [1.29, 1.82) is 0 Å². The number of amides is 1. The Labute approximate surface area is 167 Å². The number of rotatable bonds is 4. The summed E-state index contributed by atoms with van der Waals surface area (Å²) in [4.78, 5) is 26.5. The predicted molar refractivity (Wildman–Crippen MR) is 109 cm³/mol. The molecule has 1 saturated heterocycles. The van der Waals surface area contributed by atoms with Crippen LogP contribution < -0.4 is 4.90 Å². The zero-order valence-electron chi connectivity index (χ0n) is 15.6. The molecule has 0 saturated carbocycles. The van der Waals surface area contributed by atoms with Crippen molar-refractivity contribution >= 4 is 22.9 Å². The molecule has 0 radical (unpaired) electrons. The normalized spacial score (nSPS) is 14.4. The van der Waals surface area contributed by atoms with Crippen molar-refractivity contribution in [2.45, 2.75) is 13.3 Å². The molecule has 1 aromatic carbocycles. The van der Waals surface area contributed by atoms with Gasteiger partial charge in [-0.2, -0.15) is 0 Å². The molecule has 0 spiro atoms. The number of nitrogens with zero attached hydrogens (tertiary/aromatic N) is 4. The Bertz CT molecular complexity index is 968. The van der Waals surface area contributed by atoms with Gasteiger partial charge in [0.25, 0.3) is 0 Å². The molecular weight excluding hydrogens is 375 g/mol. The molecule has 5 nitrogen and oxygen atoms in total. The fraction of sp³-hybridized carbons (Fsp3) is 0.286. The Kier molecular flexibility index (Phi) is 5.34. The van der Waals surface area contributed by atoms with E-state index in [1.807, 2.05) is 41.0 Å². The molecule has 1 amide bonds. The number of aryl methyl sites for hydroxylation is 1. The van der Waals surface area contributed by atoms with Gasteiger partial charge in [0.15, 0.2) is 0 Å². The lowest BCUT2D eigenvalue weighted by molar-refractivity contribution is -0.130. The van der Waals surface area contributed by atoms with E-state index in [0.29, 0.717) is 38.3 Å². The number of pyridine rings is 1. The first-order valence-electron chi connectivity index (χ1n) is 9.27. The average Bonchev–Trinajstić information content (AvgIpc) is 3.09. The summed E-state index contributed by atoms with van der Waals surface area (Å²) in [7, 11) is 0. The molecule has 3 heterocycles. The van der Waals surface area contributed by atoms with Gasteiger partial charge in [-0.1, -0.05) is 18.2 Å². The largest absolute Gasteiger partial charge is 0.366 e. The highest BCUT2D eigenvalue weighted by Gasteiger charge is 2.24. The van der Waals surface area contributed by atoms with E-state index in [0.717, 1.165) is 21.3 Å². The van der Waals surface area contributed by atoms with Gasteiger partial charge in [-0.05, 0) is 31.2 Å². The third-order valence-corrected chi connectivity index (χ3v) is 6.09. The molecular formula is C21H21FN4OS. The van der Waals surface area contributed by atoms with Gasteiger partial charge in [-0.3, -0.25) is 9.78 Å². The van der Waals surface area contributed by atoms with Crippen LogP contribution in [0.5, 0.6) is 0 Å². The summed E-state index contributed by atoms with van der Waals surface area (Å²) in [5.41, 5.74) is 2.31. The number of carbonyl (C=O) groups excluding carboxylic acids is 1. The van der Waals surface area contributed by atoms with Crippen LogP contribution in [0.3, 0.4) is 0 Å². The molecule has 28 heavy (non-hydrogen) atoms. The minimum absolute atomic E-state index is 0.0903. The second kappa shape index (κ2) is 8.06. The lowest BCUT2D eigenvalue weighted by atomic mass is 10.2. The molecule has 7 heteroatoms.